The van der Waals surface area contributed by atoms with Crippen molar-refractivity contribution in [2.24, 2.45) is 0 Å². The zero-order chi connectivity index (χ0) is 50.6. The van der Waals surface area contributed by atoms with Gasteiger partial charge in [0.25, 0.3) is 0 Å². The second-order valence-electron chi connectivity index (χ2n) is 18.2. The van der Waals surface area contributed by atoms with E-state index < -0.39 is 12.2 Å². The molecule has 0 unspecified atom stereocenters. The molecule has 2 aromatic heterocycles. The van der Waals surface area contributed by atoms with E-state index in [9.17, 15) is 9.59 Å². The minimum absolute atomic E-state index is 0.0957. The largest absolute Gasteiger partial charge is 0.494 e. The number of carbonyl (C=O) groups is 2. The van der Waals surface area contributed by atoms with Crippen LogP contribution in [0.5, 0.6) is 11.5 Å². The van der Waals surface area contributed by atoms with Crippen LogP contribution in [0.2, 0.25) is 0 Å². The van der Waals surface area contributed by atoms with E-state index in [4.69, 9.17) is 18.9 Å². The summed E-state index contributed by atoms with van der Waals surface area (Å²) >= 11 is 3.64. The lowest BCUT2D eigenvalue weighted by Crippen LogP contribution is -2.25. The van der Waals surface area contributed by atoms with Crippen molar-refractivity contribution in [2.45, 2.75) is 122 Å². The number of thiophene rings is 2. The molecule has 0 aliphatic heterocycles. The molecule has 0 saturated carbocycles. The standard InChI is InChI=1S/C41H46O3S.C22H26O3S/c1-6-24-41(25-7-2)36-27-29(5)14-20-34(36)35-21-17-31(28-37(35)41)39-23-22-38(45-39)30-15-18-33(19-16-30)43-26-12-10-11-13-40(42)44-32(8-3)9-4;1-4-19(5-2)25-22(23)9-7-6-8-16-24-20-13-11-18(12-14-20)21-15-10-17(3)26-21/h8-9,14-23,27-28,32H,3-4,6-7,10-13,24-26H2,1-2,5H3;4-5,10-15,19H,1-2,6-9,16H2,3H3. The number of unbranched alkanes of at least 4 members (excludes halogenated alkanes) is 4. The maximum atomic E-state index is 11.9. The summed E-state index contributed by atoms with van der Waals surface area (Å²) in [5.41, 5.74) is 11.0. The van der Waals surface area contributed by atoms with Gasteiger partial charge in [-0.05, 0) is 207 Å². The molecule has 0 radical (unpaired) electrons. The molecule has 0 fully saturated rings. The fourth-order valence-electron chi connectivity index (χ4n) is 9.23. The fourth-order valence-corrected chi connectivity index (χ4v) is 11.1. The molecular formula is C63H72O6S2. The van der Waals surface area contributed by atoms with Crippen LogP contribution in [0.15, 0.2) is 160 Å². The molecular weight excluding hydrogens is 917 g/mol. The summed E-state index contributed by atoms with van der Waals surface area (Å²) in [5, 5.41) is 0. The van der Waals surface area contributed by atoms with Gasteiger partial charge in [-0.25, -0.2) is 0 Å². The topological polar surface area (TPSA) is 71.1 Å². The number of ether oxygens (including phenoxy) is 4. The molecule has 0 spiro atoms. The van der Waals surface area contributed by atoms with E-state index in [0.29, 0.717) is 26.1 Å². The first-order valence-corrected chi connectivity index (χ1v) is 27.0. The third-order valence-electron chi connectivity index (χ3n) is 12.8. The third-order valence-corrected chi connectivity index (χ3v) is 15.1. The molecule has 0 amide bonds. The summed E-state index contributed by atoms with van der Waals surface area (Å²) in [6.45, 7) is 24.7. The number of hydrogen-bond donors (Lipinski definition) is 0. The highest BCUT2D eigenvalue weighted by Crippen LogP contribution is 2.55. The van der Waals surface area contributed by atoms with Crippen molar-refractivity contribution in [3.63, 3.8) is 0 Å². The Morgan fingerprint density at radius 2 is 0.958 bits per heavy atom. The average Bonchev–Trinajstić information content (AvgIpc) is 4.12. The number of benzene rings is 4. The van der Waals surface area contributed by atoms with Gasteiger partial charge in [0.15, 0.2) is 0 Å². The number of fused-ring (bicyclic) bond motifs is 3. The quantitative estimate of drug-likeness (QED) is 0.0291. The third kappa shape index (κ3) is 14.9. The maximum absolute atomic E-state index is 11.9. The van der Waals surface area contributed by atoms with Gasteiger partial charge in [0.2, 0.25) is 0 Å². The van der Waals surface area contributed by atoms with E-state index in [1.165, 1.54) is 89.7 Å². The monoisotopic (exact) mass is 988 g/mol. The van der Waals surface area contributed by atoms with Crippen LogP contribution < -0.4 is 9.47 Å². The van der Waals surface area contributed by atoms with Gasteiger partial charge in [-0.3, -0.25) is 9.59 Å². The lowest BCUT2D eigenvalue weighted by Gasteiger charge is -2.32. The van der Waals surface area contributed by atoms with Gasteiger partial charge in [-0.15, -0.1) is 22.7 Å². The van der Waals surface area contributed by atoms with Crippen LogP contribution in [0.4, 0.5) is 0 Å². The summed E-state index contributed by atoms with van der Waals surface area (Å²) < 4.78 is 22.2. The molecule has 8 heteroatoms. The molecule has 0 bridgehead atoms. The van der Waals surface area contributed by atoms with Gasteiger partial charge in [0, 0.05) is 37.8 Å². The second-order valence-corrected chi connectivity index (χ2v) is 20.6. The van der Waals surface area contributed by atoms with Crippen LogP contribution in [-0.2, 0) is 24.5 Å². The summed E-state index contributed by atoms with van der Waals surface area (Å²) in [5.74, 6) is 1.31. The summed E-state index contributed by atoms with van der Waals surface area (Å²) in [4.78, 5) is 28.7. The molecule has 372 valence electrons. The predicted octanol–water partition coefficient (Wildman–Crippen LogP) is 17.4. The molecule has 4 aromatic carbocycles. The van der Waals surface area contributed by atoms with Gasteiger partial charge >= 0.3 is 11.9 Å². The predicted molar refractivity (Wildman–Crippen MR) is 299 cm³/mol. The average molecular weight is 989 g/mol. The molecule has 1 aliphatic rings. The van der Waals surface area contributed by atoms with Gasteiger partial charge in [-0.2, -0.15) is 0 Å². The first kappa shape index (κ1) is 54.1. The van der Waals surface area contributed by atoms with E-state index in [1.54, 1.807) is 35.6 Å². The molecule has 1 aliphatic carbocycles. The SMILES string of the molecule is C=CC(C=C)OC(=O)CCCCCOc1ccc(-c2ccc(-c3ccc4c(c3)C(CCC)(CCC)c3cc(C)ccc3-4)s2)cc1.C=CC(C=C)OC(=O)CCCCCOc1ccc(-c2ccc(C)s2)cc1. The number of rotatable bonds is 27. The number of hydrogen-bond acceptors (Lipinski definition) is 8. The molecule has 2 heterocycles. The van der Waals surface area contributed by atoms with Crippen LogP contribution >= 0.6 is 22.7 Å². The van der Waals surface area contributed by atoms with Crippen molar-refractivity contribution < 1.29 is 28.5 Å². The smallest absolute Gasteiger partial charge is 0.306 e. The van der Waals surface area contributed by atoms with E-state index in [-0.39, 0.29) is 17.4 Å². The highest BCUT2D eigenvalue weighted by atomic mass is 32.1. The lowest BCUT2D eigenvalue weighted by atomic mass is 9.71. The Bertz CT molecular complexity index is 2660. The van der Waals surface area contributed by atoms with Gasteiger partial charge in [-0.1, -0.05) is 88.9 Å². The van der Waals surface area contributed by atoms with Gasteiger partial charge < -0.3 is 18.9 Å². The van der Waals surface area contributed by atoms with Gasteiger partial charge in [0.1, 0.15) is 23.7 Å². The van der Waals surface area contributed by atoms with Crippen molar-refractivity contribution in [2.75, 3.05) is 13.2 Å². The Morgan fingerprint density at radius 3 is 1.42 bits per heavy atom. The fraction of sp³-hybridized carbons (Fsp3) is 0.333. The summed E-state index contributed by atoms with van der Waals surface area (Å²) in [6, 6.07) is 39.6. The van der Waals surface area contributed by atoms with Crippen molar-refractivity contribution >= 4 is 34.6 Å². The maximum Gasteiger partial charge on any atom is 0.306 e. The normalized spacial score (nSPS) is 12.0. The summed E-state index contributed by atoms with van der Waals surface area (Å²) in [6.07, 6.45) is 16.1. The first-order valence-electron chi connectivity index (χ1n) is 25.3. The number of esters is 2. The molecule has 6 aromatic rings. The first-order chi connectivity index (χ1) is 34.5. The van der Waals surface area contributed by atoms with E-state index in [0.717, 1.165) is 50.0 Å². The Morgan fingerprint density at radius 1 is 0.521 bits per heavy atom. The Labute approximate surface area is 431 Å². The van der Waals surface area contributed by atoms with Gasteiger partial charge in [0.05, 0.1) is 13.2 Å². The number of carbonyl (C=O) groups excluding carboxylic acids is 2. The summed E-state index contributed by atoms with van der Waals surface area (Å²) in [7, 11) is 0. The molecule has 71 heavy (non-hydrogen) atoms. The molecule has 7 rings (SSSR count). The van der Waals surface area contributed by atoms with Crippen LogP contribution in [0.3, 0.4) is 0 Å². The Hall–Kier alpha value is -6.22. The van der Waals surface area contributed by atoms with Crippen LogP contribution in [-0.4, -0.2) is 37.4 Å². The molecule has 0 N–H and O–H groups in total. The van der Waals surface area contributed by atoms with Crippen molar-refractivity contribution in [3.05, 3.63) is 181 Å². The zero-order valence-electron chi connectivity index (χ0n) is 42.4. The van der Waals surface area contributed by atoms with E-state index in [2.05, 4.69) is 151 Å². The second kappa shape index (κ2) is 27.4. The van der Waals surface area contributed by atoms with E-state index >= 15 is 0 Å². The highest BCUT2D eigenvalue weighted by molar-refractivity contribution is 7.18. The molecule has 0 atom stereocenters. The van der Waals surface area contributed by atoms with Crippen molar-refractivity contribution in [3.8, 4) is 53.9 Å². The number of aryl methyl sites for hydroxylation is 2. The van der Waals surface area contributed by atoms with Crippen LogP contribution in [0, 0.1) is 13.8 Å². The highest BCUT2D eigenvalue weighted by Gasteiger charge is 2.42. The Kier molecular flexibility index (Phi) is 20.9. The minimum Gasteiger partial charge on any atom is -0.494 e. The van der Waals surface area contributed by atoms with E-state index in [1.807, 2.05) is 23.5 Å². The Balaban J connectivity index is 0.000000270. The van der Waals surface area contributed by atoms with Crippen molar-refractivity contribution in [1.29, 1.82) is 0 Å². The zero-order valence-corrected chi connectivity index (χ0v) is 44.0. The molecule has 0 saturated heterocycles. The minimum atomic E-state index is -0.414. The van der Waals surface area contributed by atoms with Crippen LogP contribution in [0.25, 0.3) is 42.4 Å². The van der Waals surface area contributed by atoms with Crippen molar-refractivity contribution in [1.82, 2.24) is 0 Å². The van der Waals surface area contributed by atoms with Crippen LogP contribution in [0.1, 0.15) is 112 Å². The molecule has 6 nitrogen and oxygen atoms in total. The lowest BCUT2D eigenvalue weighted by molar-refractivity contribution is -0.146.